The van der Waals surface area contributed by atoms with Crippen LogP contribution in [0.5, 0.6) is 0 Å². The summed E-state index contributed by atoms with van der Waals surface area (Å²) < 4.78 is 43.0. The second-order valence-corrected chi connectivity index (χ2v) is 10.2. The molecule has 1 unspecified atom stereocenters. The van der Waals surface area contributed by atoms with Gasteiger partial charge in [0, 0.05) is 31.4 Å². The van der Waals surface area contributed by atoms with Gasteiger partial charge in [-0.25, -0.2) is 9.97 Å². The summed E-state index contributed by atoms with van der Waals surface area (Å²) in [4.78, 5) is 33.9. The Labute approximate surface area is 223 Å². The minimum atomic E-state index is -4.61. The maximum atomic E-state index is 13.7. The number of nitrogens with zero attached hydrogens (tertiary/aromatic N) is 5. The highest BCUT2D eigenvalue weighted by molar-refractivity contribution is 5.81. The number of nitrogens with two attached hydrogens (primary N) is 1. The van der Waals surface area contributed by atoms with Gasteiger partial charge in [-0.2, -0.15) is 18.3 Å². The summed E-state index contributed by atoms with van der Waals surface area (Å²) in [6.45, 7) is 1.35. The summed E-state index contributed by atoms with van der Waals surface area (Å²) >= 11 is 0. The molecule has 0 spiro atoms. The number of aryl methyl sites for hydroxylation is 2. The molecular formula is C27H30F3N7O2. The zero-order valence-corrected chi connectivity index (χ0v) is 21.3. The van der Waals surface area contributed by atoms with Crippen LogP contribution < -0.4 is 11.1 Å². The van der Waals surface area contributed by atoms with Crippen molar-refractivity contribution in [2.45, 2.75) is 57.2 Å². The number of piperidine rings is 1. The predicted octanol–water partition coefficient (Wildman–Crippen LogP) is 3.82. The Morgan fingerprint density at radius 2 is 1.85 bits per heavy atom. The molecule has 2 aromatic heterocycles. The molecule has 1 aliphatic carbocycles. The largest absolute Gasteiger partial charge is 0.419 e. The third-order valence-electron chi connectivity index (χ3n) is 7.15. The van der Waals surface area contributed by atoms with Crippen molar-refractivity contribution in [1.29, 1.82) is 0 Å². The Hall–Kier alpha value is -3.96. The Bertz CT molecular complexity index is 1350. The number of alkyl halides is 3. The van der Waals surface area contributed by atoms with E-state index in [1.807, 2.05) is 4.90 Å². The van der Waals surface area contributed by atoms with Gasteiger partial charge in [0.2, 0.25) is 17.8 Å². The van der Waals surface area contributed by atoms with Crippen LogP contribution in [0.25, 0.3) is 0 Å². The standard InChI is InChI=1S/C27H30F3N7O2/c28-27(29,30)22-14-32-26(35-23(22)10-9-17-4-1-2-5-19(17)12-24(31)38)34-20-13-33-37(15-20)21-6-3-11-36(16-21)25(39)18-7-8-18/h1-2,4-5,13-15,18,21H,3,6-12,16H2,(H2,31,38)(H,32,34,35). The first-order valence-electron chi connectivity index (χ1n) is 13.1. The van der Waals surface area contributed by atoms with Crippen LogP contribution in [0.2, 0.25) is 0 Å². The first-order chi connectivity index (χ1) is 18.7. The molecular weight excluding hydrogens is 511 g/mol. The van der Waals surface area contributed by atoms with E-state index in [-0.39, 0.29) is 48.8 Å². The Morgan fingerprint density at radius 3 is 2.56 bits per heavy atom. The number of hydrogen-bond acceptors (Lipinski definition) is 6. The maximum Gasteiger partial charge on any atom is 0.419 e. The first-order valence-corrected chi connectivity index (χ1v) is 13.1. The molecule has 1 atom stereocenters. The predicted molar refractivity (Wildman–Crippen MR) is 137 cm³/mol. The Balaban J connectivity index is 1.30. The van der Waals surface area contributed by atoms with E-state index in [1.54, 1.807) is 41.3 Å². The maximum absolute atomic E-state index is 13.7. The summed E-state index contributed by atoms with van der Waals surface area (Å²) in [5.74, 6) is -0.102. The molecule has 1 saturated heterocycles. The molecule has 39 heavy (non-hydrogen) atoms. The fourth-order valence-electron chi connectivity index (χ4n) is 5.01. The van der Waals surface area contributed by atoms with Crippen molar-refractivity contribution < 1.29 is 22.8 Å². The molecule has 3 aromatic rings. The van der Waals surface area contributed by atoms with Gasteiger partial charge in [0.05, 0.1) is 35.6 Å². The van der Waals surface area contributed by atoms with E-state index in [0.717, 1.165) is 44.0 Å². The minimum Gasteiger partial charge on any atom is -0.369 e. The number of carbonyl (C=O) groups is 2. The van der Waals surface area contributed by atoms with Gasteiger partial charge in [-0.1, -0.05) is 24.3 Å². The van der Waals surface area contributed by atoms with Crippen molar-refractivity contribution in [1.82, 2.24) is 24.6 Å². The van der Waals surface area contributed by atoms with Gasteiger partial charge in [-0.3, -0.25) is 14.3 Å². The quantitative estimate of drug-likeness (QED) is 0.425. The molecule has 1 aromatic carbocycles. The van der Waals surface area contributed by atoms with E-state index >= 15 is 0 Å². The van der Waals surface area contributed by atoms with Crippen LogP contribution in [0, 0.1) is 5.92 Å². The number of amides is 2. The molecule has 2 amide bonds. The molecule has 5 rings (SSSR count). The average molecular weight is 542 g/mol. The Kier molecular flexibility index (Phi) is 7.53. The van der Waals surface area contributed by atoms with Gasteiger partial charge in [-0.15, -0.1) is 0 Å². The van der Waals surface area contributed by atoms with Crippen LogP contribution in [-0.2, 0) is 35.0 Å². The topological polar surface area (TPSA) is 119 Å². The van der Waals surface area contributed by atoms with Crippen molar-refractivity contribution in [3.8, 4) is 0 Å². The molecule has 3 heterocycles. The highest BCUT2D eigenvalue weighted by atomic mass is 19.4. The third kappa shape index (κ3) is 6.55. The number of benzene rings is 1. The van der Waals surface area contributed by atoms with Gasteiger partial charge in [0.15, 0.2) is 0 Å². The van der Waals surface area contributed by atoms with Gasteiger partial charge < -0.3 is 16.0 Å². The monoisotopic (exact) mass is 541 g/mol. The number of carbonyl (C=O) groups excluding carboxylic acids is 2. The molecule has 0 radical (unpaired) electrons. The van der Waals surface area contributed by atoms with Gasteiger partial charge in [-0.05, 0) is 49.7 Å². The smallest absolute Gasteiger partial charge is 0.369 e. The van der Waals surface area contributed by atoms with Crippen molar-refractivity contribution in [3.05, 3.63) is 65.2 Å². The van der Waals surface area contributed by atoms with E-state index < -0.39 is 17.6 Å². The van der Waals surface area contributed by atoms with Crippen LogP contribution in [0.3, 0.4) is 0 Å². The molecule has 3 N–H and O–H groups in total. The van der Waals surface area contributed by atoms with Crippen molar-refractivity contribution >= 4 is 23.5 Å². The molecule has 1 saturated carbocycles. The normalized spacial score (nSPS) is 17.7. The summed E-state index contributed by atoms with van der Waals surface area (Å²) in [7, 11) is 0. The van der Waals surface area contributed by atoms with Crippen LogP contribution >= 0.6 is 0 Å². The number of primary amides is 1. The van der Waals surface area contributed by atoms with E-state index in [1.165, 1.54) is 0 Å². The van der Waals surface area contributed by atoms with Crippen LogP contribution in [-0.4, -0.2) is 49.6 Å². The zero-order valence-electron chi connectivity index (χ0n) is 21.3. The number of aromatic nitrogens is 4. The minimum absolute atomic E-state index is 0.00594. The lowest BCUT2D eigenvalue weighted by molar-refractivity contribution is -0.138. The van der Waals surface area contributed by atoms with Crippen molar-refractivity contribution in [2.24, 2.45) is 11.7 Å². The van der Waals surface area contributed by atoms with E-state index in [4.69, 9.17) is 5.73 Å². The van der Waals surface area contributed by atoms with Crippen LogP contribution in [0.15, 0.2) is 42.9 Å². The highest BCUT2D eigenvalue weighted by Crippen LogP contribution is 2.34. The van der Waals surface area contributed by atoms with Crippen molar-refractivity contribution in [3.63, 3.8) is 0 Å². The number of nitrogens with one attached hydrogen (secondary N) is 1. The van der Waals surface area contributed by atoms with Gasteiger partial charge in [0.1, 0.15) is 0 Å². The first kappa shape index (κ1) is 26.6. The SMILES string of the molecule is NC(=O)Cc1ccccc1CCc1nc(Nc2cnn(C3CCCN(C(=O)C4CC4)C3)c2)ncc1C(F)(F)F. The third-order valence-corrected chi connectivity index (χ3v) is 7.15. The fraction of sp³-hybridized carbons (Fsp3) is 0.444. The lowest BCUT2D eigenvalue weighted by Crippen LogP contribution is -2.41. The zero-order chi connectivity index (χ0) is 27.6. The number of halogens is 3. The van der Waals surface area contributed by atoms with E-state index in [0.29, 0.717) is 17.8 Å². The van der Waals surface area contributed by atoms with Gasteiger partial charge in [0.25, 0.3) is 0 Å². The van der Waals surface area contributed by atoms with Crippen LogP contribution in [0.4, 0.5) is 24.8 Å². The number of rotatable bonds is 9. The van der Waals surface area contributed by atoms with E-state index in [9.17, 15) is 22.8 Å². The molecule has 12 heteroatoms. The molecule has 2 aliphatic rings. The average Bonchev–Trinajstić information content (AvgIpc) is 3.65. The number of anilines is 2. The van der Waals surface area contributed by atoms with E-state index in [2.05, 4.69) is 20.4 Å². The molecule has 1 aliphatic heterocycles. The second-order valence-electron chi connectivity index (χ2n) is 10.2. The summed E-state index contributed by atoms with van der Waals surface area (Å²) in [6, 6.07) is 7.06. The van der Waals surface area contributed by atoms with Crippen molar-refractivity contribution in [2.75, 3.05) is 18.4 Å². The molecule has 206 valence electrons. The number of hydrogen-bond donors (Lipinski definition) is 2. The summed E-state index contributed by atoms with van der Waals surface area (Å²) in [5.41, 5.74) is 6.22. The summed E-state index contributed by atoms with van der Waals surface area (Å²) in [5, 5.41) is 7.39. The summed E-state index contributed by atoms with van der Waals surface area (Å²) in [6.07, 6.45) is 3.45. The lowest BCUT2D eigenvalue weighted by atomic mass is 9.98. The lowest BCUT2D eigenvalue weighted by Gasteiger charge is -2.33. The van der Waals surface area contributed by atoms with Crippen LogP contribution in [0.1, 0.15) is 54.1 Å². The second kappa shape index (κ2) is 11.0. The Morgan fingerprint density at radius 1 is 1.08 bits per heavy atom. The molecule has 0 bridgehead atoms. The molecule has 2 fully saturated rings. The fourth-order valence-corrected chi connectivity index (χ4v) is 5.01. The number of likely N-dealkylation sites (tertiary alicyclic amines) is 1. The van der Waals surface area contributed by atoms with Gasteiger partial charge >= 0.3 is 6.18 Å². The molecule has 9 nitrogen and oxygen atoms in total. The highest BCUT2D eigenvalue weighted by Gasteiger charge is 2.36.